The summed E-state index contributed by atoms with van der Waals surface area (Å²) in [5.41, 5.74) is 2.05. The smallest absolute Gasteiger partial charge is 0.256 e. The van der Waals surface area contributed by atoms with Crippen molar-refractivity contribution >= 4 is 55.1 Å². The van der Waals surface area contributed by atoms with E-state index in [-0.39, 0.29) is 15.5 Å². The average molecular weight is 479 g/mol. The molecule has 3 aromatic rings. The topological polar surface area (TPSA) is 92.3 Å². The minimum absolute atomic E-state index is 0.0414. The number of nitrogens with zero attached hydrogens (tertiary/aromatic N) is 3. The summed E-state index contributed by atoms with van der Waals surface area (Å²) < 4.78 is 32.2. The fourth-order valence-electron chi connectivity index (χ4n) is 3.82. The number of rotatable bonds is 4. The third-order valence-electron chi connectivity index (χ3n) is 5.38. The van der Waals surface area contributed by atoms with Crippen LogP contribution < -0.4 is 5.32 Å². The normalized spacial score (nSPS) is 15.7. The molecule has 0 radical (unpaired) electrons. The lowest BCUT2D eigenvalue weighted by molar-refractivity contribution is 0.102. The Hall–Kier alpha value is -2.07. The number of hydrogen-bond donors (Lipinski definition) is 1. The molecule has 1 fully saturated rings. The maximum Gasteiger partial charge on any atom is 0.256 e. The van der Waals surface area contributed by atoms with Crippen molar-refractivity contribution in [2.75, 3.05) is 18.4 Å². The highest BCUT2D eigenvalue weighted by atomic mass is 35.5. The third-order valence-corrected chi connectivity index (χ3v) is 8.50. The summed E-state index contributed by atoms with van der Waals surface area (Å²) in [6.07, 6.45) is 3.66. The number of carbonyl (C=O) groups excluding carboxylic acids is 1. The highest BCUT2D eigenvalue weighted by Gasteiger charge is 2.28. The molecule has 3 heterocycles. The van der Waals surface area contributed by atoms with Gasteiger partial charge >= 0.3 is 0 Å². The van der Waals surface area contributed by atoms with Crippen LogP contribution in [-0.4, -0.2) is 41.1 Å². The van der Waals surface area contributed by atoms with Crippen LogP contribution in [0.15, 0.2) is 29.2 Å². The van der Waals surface area contributed by atoms with Crippen molar-refractivity contribution in [3.05, 3.63) is 46.1 Å². The summed E-state index contributed by atoms with van der Waals surface area (Å²) in [7, 11) is -3.78. The second-order valence-corrected chi connectivity index (χ2v) is 10.8. The molecule has 4 rings (SSSR count). The number of aryl methyl sites for hydroxylation is 2. The number of benzene rings is 1. The van der Waals surface area contributed by atoms with Crippen molar-refractivity contribution in [1.29, 1.82) is 0 Å². The first-order valence-electron chi connectivity index (χ1n) is 10.1. The predicted octanol–water partition coefficient (Wildman–Crippen LogP) is 4.78. The number of pyridine rings is 1. The van der Waals surface area contributed by atoms with Crippen LogP contribution in [0.3, 0.4) is 0 Å². The largest absolute Gasteiger partial charge is 0.305 e. The molecule has 10 heteroatoms. The SMILES string of the molecule is Cc1cc(C)c2c(NC(=O)c3ccc(Cl)c(S(=O)(=O)N4CCCCCC4)c3)nsc2n1. The predicted molar refractivity (Wildman–Crippen MR) is 124 cm³/mol. The van der Waals surface area contributed by atoms with E-state index in [9.17, 15) is 13.2 Å². The average Bonchev–Trinajstić information content (AvgIpc) is 2.93. The van der Waals surface area contributed by atoms with Crippen molar-refractivity contribution < 1.29 is 13.2 Å². The van der Waals surface area contributed by atoms with Crippen molar-refractivity contribution in [2.45, 2.75) is 44.4 Å². The molecule has 7 nitrogen and oxygen atoms in total. The van der Waals surface area contributed by atoms with Crippen LogP contribution in [0.4, 0.5) is 5.82 Å². The minimum atomic E-state index is -3.78. The van der Waals surface area contributed by atoms with Gasteiger partial charge in [-0.2, -0.15) is 8.68 Å². The van der Waals surface area contributed by atoms with E-state index in [0.29, 0.717) is 18.9 Å². The zero-order valence-electron chi connectivity index (χ0n) is 17.3. The summed E-state index contributed by atoms with van der Waals surface area (Å²) in [5.74, 6) is -0.0296. The number of halogens is 1. The molecular formula is C21H23ClN4O3S2. The Labute approximate surface area is 190 Å². The summed E-state index contributed by atoms with van der Waals surface area (Å²) in [6, 6.07) is 6.25. The van der Waals surface area contributed by atoms with Gasteiger partial charge in [0.15, 0.2) is 5.82 Å². The van der Waals surface area contributed by atoms with E-state index in [2.05, 4.69) is 14.7 Å². The molecule has 164 valence electrons. The van der Waals surface area contributed by atoms with Gasteiger partial charge in [-0.25, -0.2) is 13.4 Å². The second kappa shape index (κ2) is 8.82. The highest BCUT2D eigenvalue weighted by molar-refractivity contribution is 7.89. The molecule has 1 aromatic carbocycles. The molecule has 1 saturated heterocycles. The molecule has 0 aliphatic carbocycles. The molecule has 1 aliphatic heterocycles. The molecule has 0 spiro atoms. The molecule has 0 bridgehead atoms. The van der Waals surface area contributed by atoms with Crippen LogP contribution in [0.5, 0.6) is 0 Å². The van der Waals surface area contributed by atoms with E-state index in [1.807, 2.05) is 19.9 Å². The lowest BCUT2D eigenvalue weighted by Gasteiger charge is -2.21. The van der Waals surface area contributed by atoms with Gasteiger partial charge in [0.25, 0.3) is 5.91 Å². The first-order valence-corrected chi connectivity index (χ1v) is 12.7. The number of carbonyl (C=O) groups is 1. The molecular weight excluding hydrogens is 456 g/mol. The van der Waals surface area contributed by atoms with Crippen molar-refractivity contribution in [1.82, 2.24) is 13.7 Å². The monoisotopic (exact) mass is 478 g/mol. The highest BCUT2D eigenvalue weighted by Crippen LogP contribution is 2.31. The van der Waals surface area contributed by atoms with Crippen LogP contribution in [0.2, 0.25) is 5.02 Å². The number of nitrogens with one attached hydrogen (secondary N) is 1. The second-order valence-electron chi connectivity index (χ2n) is 7.71. The number of amides is 1. The Morgan fingerprint density at radius 2 is 1.84 bits per heavy atom. The molecule has 2 aromatic heterocycles. The summed E-state index contributed by atoms with van der Waals surface area (Å²) in [4.78, 5) is 18.1. The van der Waals surface area contributed by atoms with Crippen LogP contribution >= 0.6 is 23.1 Å². The lowest BCUT2D eigenvalue weighted by Crippen LogP contribution is -2.32. The summed E-state index contributed by atoms with van der Waals surface area (Å²) in [6.45, 7) is 4.77. The Morgan fingerprint density at radius 3 is 2.55 bits per heavy atom. The van der Waals surface area contributed by atoms with E-state index < -0.39 is 15.9 Å². The van der Waals surface area contributed by atoms with Gasteiger partial charge < -0.3 is 5.32 Å². The van der Waals surface area contributed by atoms with Crippen molar-refractivity contribution in [3.8, 4) is 0 Å². The molecule has 0 unspecified atom stereocenters. The van der Waals surface area contributed by atoms with E-state index in [1.54, 1.807) is 0 Å². The van der Waals surface area contributed by atoms with Gasteiger partial charge in [0, 0.05) is 24.3 Å². The van der Waals surface area contributed by atoms with Crippen molar-refractivity contribution in [2.24, 2.45) is 0 Å². The zero-order chi connectivity index (χ0) is 22.2. The number of hydrogen-bond acceptors (Lipinski definition) is 6. The van der Waals surface area contributed by atoms with Gasteiger partial charge in [0.05, 0.1) is 10.4 Å². The molecule has 1 N–H and O–H groups in total. The van der Waals surface area contributed by atoms with E-state index in [0.717, 1.165) is 47.2 Å². The summed E-state index contributed by atoms with van der Waals surface area (Å²) >= 11 is 7.46. The van der Waals surface area contributed by atoms with Gasteiger partial charge in [-0.3, -0.25) is 4.79 Å². The van der Waals surface area contributed by atoms with E-state index in [1.165, 1.54) is 34.0 Å². The third kappa shape index (κ3) is 4.45. The molecule has 0 saturated carbocycles. The Balaban J connectivity index is 1.64. The molecule has 1 amide bonds. The Kier molecular flexibility index (Phi) is 6.30. The first kappa shape index (κ1) is 22.1. The maximum absolute atomic E-state index is 13.2. The number of sulfonamides is 1. The first-order chi connectivity index (χ1) is 14.8. The zero-order valence-corrected chi connectivity index (χ0v) is 19.7. The minimum Gasteiger partial charge on any atom is -0.305 e. The van der Waals surface area contributed by atoms with Crippen LogP contribution in [0.25, 0.3) is 10.2 Å². The van der Waals surface area contributed by atoms with Crippen molar-refractivity contribution in [3.63, 3.8) is 0 Å². The maximum atomic E-state index is 13.2. The lowest BCUT2D eigenvalue weighted by atomic mass is 10.1. The van der Waals surface area contributed by atoms with Gasteiger partial charge in [-0.05, 0) is 68.1 Å². The fraction of sp³-hybridized carbons (Fsp3) is 0.381. The Bertz CT molecular complexity index is 1250. The molecule has 1 aliphatic rings. The van der Waals surface area contributed by atoms with Crippen LogP contribution in [0, 0.1) is 13.8 Å². The van der Waals surface area contributed by atoms with Crippen LogP contribution in [-0.2, 0) is 10.0 Å². The molecule has 31 heavy (non-hydrogen) atoms. The van der Waals surface area contributed by atoms with Crippen LogP contribution in [0.1, 0.15) is 47.3 Å². The fourth-order valence-corrected chi connectivity index (χ4v) is 6.69. The summed E-state index contributed by atoms with van der Waals surface area (Å²) in [5, 5.41) is 3.69. The standard InChI is InChI=1S/C21H23ClN4O3S2/c1-13-11-14(2)23-21-18(13)19(25-30-21)24-20(27)15-7-8-16(22)17(12-15)31(28,29)26-9-5-3-4-6-10-26/h7-8,11-12H,3-6,9-10H2,1-2H3,(H,24,25,27). The van der Waals surface area contributed by atoms with Gasteiger partial charge in [-0.15, -0.1) is 0 Å². The van der Waals surface area contributed by atoms with E-state index >= 15 is 0 Å². The number of aromatic nitrogens is 2. The van der Waals surface area contributed by atoms with Gasteiger partial charge in [-0.1, -0.05) is 24.4 Å². The number of anilines is 1. The van der Waals surface area contributed by atoms with Gasteiger partial charge in [0.1, 0.15) is 9.73 Å². The molecule has 0 atom stereocenters. The van der Waals surface area contributed by atoms with E-state index in [4.69, 9.17) is 11.6 Å². The Morgan fingerprint density at radius 1 is 1.13 bits per heavy atom. The quantitative estimate of drug-likeness (QED) is 0.582. The van der Waals surface area contributed by atoms with Gasteiger partial charge in [0.2, 0.25) is 10.0 Å². The number of fused-ring (bicyclic) bond motifs is 1.